The minimum absolute atomic E-state index is 0.147. The van der Waals surface area contributed by atoms with Gasteiger partial charge in [0.25, 0.3) is 0 Å². The first-order valence-electron chi connectivity index (χ1n) is 7.01. The Bertz CT molecular complexity index is 542. The number of benzene rings is 1. The molecule has 0 aliphatic rings. The number of nitrogens with zero attached hydrogens (tertiary/aromatic N) is 1. The number of halogens is 3. The molecule has 1 aromatic carbocycles. The van der Waals surface area contributed by atoms with Gasteiger partial charge in [-0.25, -0.2) is 4.79 Å². The standard InChI is InChI=1S/C15H19F3N2O3/c1-3-22-13(21)9-23-20-14(19)10(2)8-11-4-6-12(7-5-11)15(16,17)18/h4-7,10H,3,8-9H2,1-2H3,(H2,19,20)/t10-/m0/s1. The van der Waals surface area contributed by atoms with Crippen molar-refractivity contribution in [3.05, 3.63) is 35.4 Å². The maximum atomic E-state index is 12.5. The van der Waals surface area contributed by atoms with E-state index in [1.54, 1.807) is 13.8 Å². The van der Waals surface area contributed by atoms with Crippen LogP contribution in [0, 0.1) is 5.92 Å². The van der Waals surface area contributed by atoms with E-state index in [1.807, 2.05) is 0 Å². The topological polar surface area (TPSA) is 73.9 Å². The van der Waals surface area contributed by atoms with Crippen LogP contribution in [-0.2, 0) is 27.0 Å². The smallest absolute Gasteiger partial charge is 0.416 e. The molecule has 0 aliphatic carbocycles. The zero-order valence-corrected chi connectivity index (χ0v) is 12.9. The second kappa shape index (κ2) is 8.40. The Labute approximate surface area is 132 Å². The van der Waals surface area contributed by atoms with Crippen LogP contribution in [0.5, 0.6) is 0 Å². The van der Waals surface area contributed by atoms with Crippen LogP contribution >= 0.6 is 0 Å². The van der Waals surface area contributed by atoms with Crippen molar-refractivity contribution in [1.29, 1.82) is 0 Å². The minimum atomic E-state index is -4.36. The zero-order chi connectivity index (χ0) is 17.5. The van der Waals surface area contributed by atoms with Gasteiger partial charge in [0.2, 0.25) is 6.61 Å². The van der Waals surface area contributed by atoms with Gasteiger partial charge in [0.05, 0.1) is 12.2 Å². The number of carbonyl (C=O) groups is 1. The molecule has 23 heavy (non-hydrogen) atoms. The third-order valence-electron chi connectivity index (χ3n) is 2.99. The van der Waals surface area contributed by atoms with E-state index >= 15 is 0 Å². The second-order valence-electron chi connectivity index (χ2n) is 4.89. The number of amidine groups is 1. The third kappa shape index (κ3) is 6.58. The minimum Gasteiger partial charge on any atom is -0.463 e. The Morgan fingerprint density at radius 3 is 2.43 bits per heavy atom. The fourth-order valence-electron chi connectivity index (χ4n) is 1.74. The van der Waals surface area contributed by atoms with Gasteiger partial charge in [0.1, 0.15) is 5.84 Å². The Morgan fingerprint density at radius 1 is 1.30 bits per heavy atom. The summed E-state index contributed by atoms with van der Waals surface area (Å²) in [4.78, 5) is 15.8. The molecule has 0 radical (unpaired) electrons. The normalized spacial score (nSPS) is 13.5. The molecule has 8 heteroatoms. The number of hydrogen-bond donors (Lipinski definition) is 1. The maximum absolute atomic E-state index is 12.5. The van der Waals surface area contributed by atoms with Gasteiger partial charge >= 0.3 is 12.1 Å². The van der Waals surface area contributed by atoms with Gasteiger partial charge in [-0.15, -0.1) is 0 Å². The predicted molar refractivity (Wildman–Crippen MR) is 78.5 cm³/mol. The summed E-state index contributed by atoms with van der Waals surface area (Å²) in [5.74, 6) is -0.664. The number of nitrogens with two attached hydrogens (primary N) is 1. The number of alkyl halides is 3. The molecule has 0 bridgehead atoms. The van der Waals surface area contributed by atoms with E-state index in [4.69, 9.17) is 10.6 Å². The average Bonchev–Trinajstić information content (AvgIpc) is 2.47. The zero-order valence-electron chi connectivity index (χ0n) is 12.9. The molecule has 0 aromatic heterocycles. The van der Waals surface area contributed by atoms with Crippen LogP contribution in [0.4, 0.5) is 13.2 Å². The Balaban J connectivity index is 2.54. The highest BCUT2D eigenvalue weighted by Gasteiger charge is 2.29. The molecule has 1 rings (SSSR count). The van der Waals surface area contributed by atoms with Crippen molar-refractivity contribution in [1.82, 2.24) is 0 Å². The molecule has 1 aromatic rings. The van der Waals surface area contributed by atoms with E-state index in [2.05, 4.69) is 9.89 Å². The SMILES string of the molecule is CCOC(=O)CO/N=C(\N)[C@@H](C)Cc1ccc(C(F)(F)F)cc1. The van der Waals surface area contributed by atoms with Crippen molar-refractivity contribution < 1.29 is 27.5 Å². The van der Waals surface area contributed by atoms with Gasteiger partial charge in [-0.1, -0.05) is 24.2 Å². The second-order valence-corrected chi connectivity index (χ2v) is 4.89. The van der Waals surface area contributed by atoms with Gasteiger partial charge in [0, 0.05) is 5.92 Å². The molecule has 128 valence electrons. The van der Waals surface area contributed by atoms with Gasteiger partial charge in [-0.05, 0) is 31.0 Å². The predicted octanol–water partition coefficient (Wildman–Crippen LogP) is 2.74. The van der Waals surface area contributed by atoms with Crippen LogP contribution in [0.3, 0.4) is 0 Å². The first kappa shape index (κ1) is 18.8. The van der Waals surface area contributed by atoms with E-state index in [1.165, 1.54) is 12.1 Å². The van der Waals surface area contributed by atoms with Crippen LogP contribution in [0.2, 0.25) is 0 Å². The van der Waals surface area contributed by atoms with Crippen molar-refractivity contribution in [3.63, 3.8) is 0 Å². The molecule has 0 fully saturated rings. The lowest BCUT2D eigenvalue weighted by Gasteiger charge is -2.12. The lowest BCUT2D eigenvalue weighted by atomic mass is 9.99. The summed E-state index contributed by atoms with van der Waals surface area (Å²) in [7, 11) is 0. The highest BCUT2D eigenvalue weighted by atomic mass is 19.4. The van der Waals surface area contributed by atoms with E-state index in [-0.39, 0.29) is 25.0 Å². The van der Waals surface area contributed by atoms with Gasteiger partial charge < -0.3 is 15.3 Å². The molecule has 1 atom stereocenters. The fraction of sp³-hybridized carbons (Fsp3) is 0.467. The summed E-state index contributed by atoms with van der Waals surface area (Å²) in [6.07, 6.45) is -3.96. The molecule has 0 spiro atoms. The molecule has 0 aliphatic heterocycles. The van der Waals surface area contributed by atoms with Crippen LogP contribution in [0.15, 0.2) is 29.4 Å². The molecule has 0 heterocycles. The number of hydrogen-bond acceptors (Lipinski definition) is 4. The van der Waals surface area contributed by atoms with Crippen molar-refractivity contribution >= 4 is 11.8 Å². The number of esters is 1. The Hall–Kier alpha value is -2.25. The average molecular weight is 332 g/mol. The quantitative estimate of drug-likeness (QED) is 0.361. The lowest BCUT2D eigenvalue weighted by molar-refractivity contribution is -0.148. The fourth-order valence-corrected chi connectivity index (χ4v) is 1.74. The molecule has 0 saturated carbocycles. The molecule has 2 N–H and O–H groups in total. The number of oxime groups is 1. The summed E-state index contributed by atoms with van der Waals surface area (Å²) in [5, 5.41) is 3.61. The van der Waals surface area contributed by atoms with Crippen molar-refractivity contribution in [2.45, 2.75) is 26.4 Å². The summed E-state index contributed by atoms with van der Waals surface area (Å²) in [6.45, 7) is 3.32. The molecule has 5 nitrogen and oxygen atoms in total. The number of ether oxygens (including phenoxy) is 1. The lowest BCUT2D eigenvalue weighted by Crippen LogP contribution is -2.24. The molecular weight excluding hydrogens is 313 g/mol. The maximum Gasteiger partial charge on any atom is 0.416 e. The highest BCUT2D eigenvalue weighted by Crippen LogP contribution is 2.29. The van der Waals surface area contributed by atoms with E-state index in [0.717, 1.165) is 12.1 Å². The van der Waals surface area contributed by atoms with E-state index in [0.29, 0.717) is 12.0 Å². The van der Waals surface area contributed by atoms with Crippen LogP contribution in [0.25, 0.3) is 0 Å². The molecule has 0 unspecified atom stereocenters. The van der Waals surface area contributed by atoms with E-state index in [9.17, 15) is 18.0 Å². The Morgan fingerprint density at radius 2 is 1.91 bits per heavy atom. The largest absolute Gasteiger partial charge is 0.463 e. The summed E-state index contributed by atoms with van der Waals surface area (Å²) in [5.41, 5.74) is 5.71. The summed E-state index contributed by atoms with van der Waals surface area (Å²) >= 11 is 0. The number of carbonyl (C=O) groups excluding carboxylic acids is 1. The molecule has 0 amide bonds. The van der Waals surface area contributed by atoms with Gasteiger partial charge in [0.15, 0.2) is 0 Å². The van der Waals surface area contributed by atoms with Crippen LogP contribution < -0.4 is 5.73 Å². The van der Waals surface area contributed by atoms with Crippen LogP contribution in [0.1, 0.15) is 25.0 Å². The highest BCUT2D eigenvalue weighted by molar-refractivity contribution is 5.82. The molecule has 0 saturated heterocycles. The van der Waals surface area contributed by atoms with Crippen LogP contribution in [-0.4, -0.2) is 25.0 Å². The summed E-state index contributed by atoms with van der Waals surface area (Å²) in [6, 6.07) is 4.83. The van der Waals surface area contributed by atoms with Gasteiger partial charge in [-0.2, -0.15) is 13.2 Å². The summed E-state index contributed by atoms with van der Waals surface area (Å²) < 4.78 is 42.1. The first-order valence-corrected chi connectivity index (χ1v) is 7.01. The van der Waals surface area contributed by atoms with E-state index < -0.39 is 17.7 Å². The van der Waals surface area contributed by atoms with Crippen molar-refractivity contribution in [3.8, 4) is 0 Å². The van der Waals surface area contributed by atoms with Gasteiger partial charge in [-0.3, -0.25) is 0 Å². The van der Waals surface area contributed by atoms with Crippen molar-refractivity contribution in [2.75, 3.05) is 13.2 Å². The monoisotopic (exact) mass is 332 g/mol. The third-order valence-corrected chi connectivity index (χ3v) is 2.99. The first-order chi connectivity index (χ1) is 10.7. The Kier molecular flexibility index (Phi) is 6.87. The number of rotatable bonds is 7. The van der Waals surface area contributed by atoms with Crippen molar-refractivity contribution in [2.24, 2.45) is 16.8 Å². The molecular formula is C15H19F3N2O3.